The Hall–Kier alpha value is -1.63. The van der Waals surface area contributed by atoms with Crippen molar-refractivity contribution in [2.75, 3.05) is 11.4 Å². The van der Waals surface area contributed by atoms with Gasteiger partial charge in [0, 0.05) is 18.3 Å². The molecule has 0 N–H and O–H groups in total. The van der Waals surface area contributed by atoms with Gasteiger partial charge >= 0.3 is 0 Å². The summed E-state index contributed by atoms with van der Waals surface area (Å²) in [5, 5.41) is 8.94. The van der Waals surface area contributed by atoms with Crippen LogP contribution in [0.3, 0.4) is 0 Å². The molecule has 17 heavy (non-hydrogen) atoms. The fourth-order valence-electron chi connectivity index (χ4n) is 2.36. The Morgan fingerprint density at radius 2 is 2.18 bits per heavy atom. The van der Waals surface area contributed by atoms with Crippen LogP contribution in [0.2, 0.25) is 0 Å². The van der Waals surface area contributed by atoms with Crippen LogP contribution in [0.15, 0.2) is 6.07 Å². The highest BCUT2D eigenvalue weighted by Crippen LogP contribution is 2.26. The highest BCUT2D eigenvalue weighted by atomic mass is 15.3. The lowest BCUT2D eigenvalue weighted by atomic mass is 9.92. The maximum atomic E-state index is 8.94. The molecule has 0 radical (unpaired) electrons. The molecule has 90 valence electrons. The number of rotatable bonds is 1. The average molecular weight is 230 g/mol. The van der Waals surface area contributed by atoms with Gasteiger partial charge in [-0.05, 0) is 38.7 Å². The van der Waals surface area contributed by atoms with E-state index in [1.807, 2.05) is 6.92 Å². The normalized spacial score (nSPS) is 24.5. The zero-order chi connectivity index (χ0) is 12.4. The van der Waals surface area contributed by atoms with Gasteiger partial charge in [-0.2, -0.15) is 5.26 Å². The predicted octanol–water partition coefficient (Wildman–Crippen LogP) is 2.28. The van der Waals surface area contributed by atoms with E-state index < -0.39 is 0 Å². The summed E-state index contributed by atoms with van der Waals surface area (Å²) in [4.78, 5) is 11.0. The number of aromatic nitrogens is 2. The van der Waals surface area contributed by atoms with E-state index in [-0.39, 0.29) is 0 Å². The minimum absolute atomic E-state index is 0.442. The van der Waals surface area contributed by atoms with Crippen molar-refractivity contribution in [3.8, 4) is 6.07 Å². The van der Waals surface area contributed by atoms with Crippen molar-refractivity contribution in [1.29, 1.82) is 5.26 Å². The largest absolute Gasteiger partial charge is 0.338 e. The van der Waals surface area contributed by atoms with E-state index >= 15 is 0 Å². The monoisotopic (exact) mass is 230 g/mol. The van der Waals surface area contributed by atoms with Crippen LogP contribution in [0.4, 0.5) is 5.95 Å². The molecule has 1 fully saturated rings. The van der Waals surface area contributed by atoms with Gasteiger partial charge in [0.2, 0.25) is 5.95 Å². The minimum Gasteiger partial charge on any atom is -0.338 e. The Balaban J connectivity index is 2.33. The third-order valence-corrected chi connectivity index (χ3v) is 3.59. The number of nitriles is 1. The molecule has 0 aliphatic carbocycles. The Morgan fingerprint density at radius 3 is 2.88 bits per heavy atom. The maximum Gasteiger partial charge on any atom is 0.227 e. The summed E-state index contributed by atoms with van der Waals surface area (Å²) >= 11 is 0. The van der Waals surface area contributed by atoms with Crippen molar-refractivity contribution in [3.05, 3.63) is 17.5 Å². The van der Waals surface area contributed by atoms with Gasteiger partial charge in [0.05, 0.1) is 0 Å². The summed E-state index contributed by atoms with van der Waals surface area (Å²) in [7, 11) is 0. The number of hydrogen-bond donors (Lipinski definition) is 0. The first-order valence-corrected chi connectivity index (χ1v) is 6.14. The molecule has 0 spiro atoms. The second-order valence-electron chi connectivity index (χ2n) is 4.86. The molecule has 1 aromatic heterocycles. The molecule has 1 aliphatic rings. The summed E-state index contributed by atoms with van der Waals surface area (Å²) in [6, 6.07) is 4.26. The summed E-state index contributed by atoms with van der Waals surface area (Å²) in [6.45, 7) is 7.36. The van der Waals surface area contributed by atoms with Crippen molar-refractivity contribution < 1.29 is 0 Å². The Bertz CT molecular complexity index is 449. The molecule has 0 bridgehead atoms. The second kappa shape index (κ2) is 4.70. The fraction of sp³-hybridized carbons (Fsp3) is 0.615. The molecule has 2 atom stereocenters. The molecule has 2 rings (SSSR count). The summed E-state index contributed by atoms with van der Waals surface area (Å²) in [5.41, 5.74) is 1.31. The Kier molecular flexibility index (Phi) is 3.28. The van der Waals surface area contributed by atoms with Gasteiger partial charge < -0.3 is 4.90 Å². The molecule has 1 aliphatic heterocycles. The quantitative estimate of drug-likeness (QED) is 0.742. The lowest BCUT2D eigenvalue weighted by Crippen LogP contribution is -2.43. The SMILES string of the molecule is Cc1cc(C#N)nc(N2CCCC(C)C2C)n1. The van der Waals surface area contributed by atoms with Crippen molar-refractivity contribution in [3.63, 3.8) is 0 Å². The third-order valence-electron chi connectivity index (χ3n) is 3.59. The van der Waals surface area contributed by atoms with Crippen LogP contribution in [-0.4, -0.2) is 22.6 Å². The highest BCUT2D eigenvalue weighted by Gasteiger charge is 2.26. The van der Waals surface area contributed by atoms with Crippen LogP contribution in [0.5, 0.6) is 0 Å². The van der Waals surface area contributed by atoms with Gasteiger partial charge in [0.1, 0.15) is 11.8 Å². The standard InChI is InChI=1S/C13H18N4/c1-9-5-4-6-17(11(9)3)13-15-10(2)7-12(8-14)16-13/h7,9,11H,4-6H2,1-3H3. The maximum absolute atomic E-state index is 8.94. The smallest absolute Gasteiger partial charge is 0.227 e. The van der Waals surface area contributed by atoms with Crippen molar-refractivity contribution in [1.82, 2.24) is 9.97 Å². The first kappa shape index (κ1) is 11.8. The van der Waals surface area contributed by atoms with E-state index in [1.165, 1.54) is 12.8 Å². The van der Waals surface area contributed by atoms with Crippen molar-refractivity contribution >= 4 is 5.95 Å². The molecule has 1 saturated heterocycles. The molecule has 2 heterocycles. The average Bonchev–Trinajstić information content (AvgIpc) is 2.31. The molecule has 4 nitrogen and oxygen atoms in total. The van der Waals surface area contributed by atoms with Gasteiger partial charge in [0.15, 0.2) is 0 Å². The van der Waals surface area contributed by atoms with E-state index in [2.05, 4.69) is 34.8 Å². The molecular weight excluding hydrogens is 212 g/mol. The van der Waals surface area contributed by atoms with E-state index in [0.717, 1.165) is 12.2 Å². The van der Waals surface area contributed by atoms with Gasteiger partial charge in [-0.25, -0.2) is 9.97 Å². The Labute approximate surface area is 102 Å². The summed E-state index contributed by atoms with van der Waals surface area (Å²) < 4.78 is 0. The van der Waals surface area contributed by atoms with Crippen LogP contribution in [0, 0.1) is 24.2 Å². The molecule has 4 heteroatoms. The van der Waals surface area contributed by atoms with Crippen LogP contribution in [-0.2, 0) is 0 Å². The van der Waals surface area contributed by atoms with Gasteiger partial charge in [-0.3, -0.25) is 0 Å². The highest BCUT2D eigenvalue weighted by molar-refractivity contribution is 5.37. The number of anilines is 1. The van der Waals surface area contributed by atoms with Crippen molar-refractivity contribution in [2.45, 2.75) is 39.7 Å². The van der Waals surface area contributed by atoms with Gasteiger partial charge in [-0.1, -0.05) is 6.92 Å². The number of aryl methyl sites for hydroxylation is 1. The van der Waals surface area contributed by atoms with Crippen LogP contribution in [0.25, 0.3) is 0 Å². The first-order valence-electron chi connectivity index (χ1n) is 6.14. The number of nitrogens with zero attached hydrogens (tertiary/aromatic N) is 4. The molecule has 0 aromatic carbocycles. The molecule has 0 amide bonds. The molecule has 0 saturated carbocycles. The molecule has 1 aromatic rings. The predicted molar refractivity (Wildman–Crippen MR) is 66.7 cm³/mol. The lowest BCUT2D eigenvalue weighted by Gasteiger charge is -2.38. The van der Waals surface area contributed by atoms with Crippen LogP contribution in [0.1, 0.15) is 38.1 Å². The topological polar surface area (TPSA) is 52.8 Å². The van der Waals surface area contributed by atoms with Crippen LogP contribution >= 0.6 is 0 Å². The molecular formula is C13H18N4. The Morgan fingerprint density at radius 1 is 1.41 bits per heavy atom. The second-order valence-corrected chi connectivity index (χ2v) is 4.86. The van der Waals surface area contributed by atoms with Gasteiger partial charge in [-0.15, -0.1) is 0 Å². The first-order chi connectivity index (χ1) is 8.11. The van der Waals surface area contributed by atoms with Crippen LogP contribution < -0.4 is 4.90 Å². The zero-order valence-electron chi connectivity index (χ0n) is 10.6. The number of piperidine rings is 1. The fourth-order valence-corrected chi connectivity index (χ4v) is 2.36. The molecule has 2 unspecified atom stereocenters. The number of hydrogen-bond acceptors (Lipinski definition) is 4. The van der Waals surface area contributed by atoms with E-state index in [1.54, 1.807) is 6.07 Å². The van der Waals surface area contributed by atoms with E-state index in [4.69, 9.17) is 5.26 Å². The summed E-state index contributed by atoms with van der Waals surface area (Å²) in [5.74, 6) is 1.36. The summed E-state index contributed by atoms with van der Waals surface area (Å²) in [6.07, 6.45) is 2.43. The third kappa shape index (κ3) is 2.38. The van der Waals surface area contributed by atoms with E-state index in [9.17, 15) is 0 Å². The van der Waals surface area contributed by atoms with E-state index in [0.29, 0.717) is 23.6 Å². The lowest BCUT2D eigenvalue weighted by molar-refractivity contribution is 0.359. The zero-order valence-corrected chi connectivity index (χ0v) is 10.6. The van der Waals surface area contributed by atoms with Gasteiger partial charge in [0.25, 0.3) is 0 Å². The minimum atomic E-state index is 0.442. The van der Waals surface area contributed by atoms with Crippen molar-refractivity contribution in [2.24, 2.45) is 5.92 Å².